The normalized spacial score (nSPS) is 21.1. The van der Waals surface area contributed by atoms with Crippen molar-refractivity contribution in [3.8, 4) is 0 Å². The Morgan fingerprint density at radius 1 is 0.681 bits per heavy atom. The van der Waals surface area contributed by atoms with Crippen molar-refractivity contribution >= 4 is 40.7 Å². The number of fused-ring (bicyclic) bond motifs is 4. The van der Waals surface area contributed by atoms with Gasteiger partial charge in [0.05, 0.1) is 12.0 Å². The van der Waals surface area contributed by atoms with E-state index in [0.29, 0.717) is 0 Å². The molecule has 0 radical (unpaired) electrons. The molecule has 0 saturated carbocycles. The molecule has 0 saturated heterocycles. The zero-order valence-corrected chi connectivity index (χ0v) is 26.6. The predicted octanol–water partition coefficient (Wildman–Crippen LogP) is 8.65. The lowest BCUT2D eigenvalue weighted by Gasteiger charge is -2.38. The monoisotopic (exact) mass is 622 g/mol. The first-order valence-electron chi connectivity index (χ1n) is 16.3. The summed E-state index contributed by atoms with van der Waals surface area (Å²) in [6, 6.07) is 47.4. The Bertz CT molecular complexity index is 2260. The highest BCUT2D eigenvalue weighted by atomic mass is 32.2. The van der Waals surface area contributed by atoms with E-state index >= 15 is 0 Å². The Morgan fingerprint density at radius 2 is 1.40 bits per heavy atom. The molecule has 0 fully saturated rings. The second-order valence-electron chi connectivity index (χ2n) is 12.4. The van der Waals surface area contributed by atoms with Crippen molar-refractivity contribution in [3.05, 3.63) is 195 Å². The minimum absolute atomic E-state index is 0.183. The number of rotatable bonds is 5. The average molecular weight is 623 g/mol. The zero-order chi connectivity index (χ0) is 31.2. The smallest absolute Gasteiger partial charge is 0.0791 e. The number of nitrogens with zero attached hydrogens (tertiary/aromatic N) is 3. The fraction of sp³-hybridized carbons (Fsp3) is 0.116. The minimum Gasteiger partial charge on any atom is -0.438 e. The molecule has 9 rings (SSSR count). The van der Waals surface area contributed by atoms with Crippen LogP contribution in [0.4, 0.5) is 0 Å². The van der Waals surface area contributed by atoms with E-state index in [1.54, 1.807) is 0 Å². The van der Waals surface area contributed by atoms with Crippen LogP contribution < -0.4 is 10.4 Å². The SMILES string of the molecule is C1=C(c2cccc(C3=c4ccccc4=CCC3)c2)C=C(C2N=C(c3ccccc3)N=C(c3ccccc3)[N-]2)C2c3ccccc3SC12. The van der Waals surface area contributed by atoms with Crippen LogP contribution in [-0.2, 0) is 0 Å². The molecule has 0 aromatic heterocycles. The molecule has 3 nitrogen and oxygen atoms in total. The summed E-state index contributed by atoms with van der Waals surface area (Å²) in [5.74, 6) is 1.63. The Morgan fingerprint density at radius 3 is 2.28 bits per heavy atom. The summed E-state index contributed by atoms with van der Waals surface area (Å²) in [6.07, 6.45) is 8.95. The van der Waals surface area contributed by atoms with Crippen molar-refractivity contribution in [1.82, 2.24) is 0 Å². The molecule has 4 aliphatic rings. The Balaban J connectivity index is 1.18. The van der Waals surface area contributed by atoms with Gasteiger partial charge in [-0.1, -0.05) is 145 Å². The molecule has 0 N–H and O–H groups in total. The molecule has 5 aromatic rings. The molecule has 3 unspecified atom stereocenters. The summed E-state index contributed by atoms with van der Waals surface area (Å²) < 4.78 is 0. The van der Waals surface area contributed by atoms with Crippen LogP contribution in [0.2, 0.25) is 0 Å². The molecule has 226 valence electrons. The van der Waals surface area contributed by atoms with Crippen LogP contribution in [0.25, 0.3) is 22.5 Å². The van der Waals surface area contributed by atoms with E-state index in [4.69, 9.17) is 15.3 Å². The van der Waals surface area contributed by atoms with Crippen molar-refractivity contribution in [3.63, 3.8) is 0 Å². The number of thioether (sulfide) groups is 1. The highest BCUT2D eigenvalue weighted by molar-refractivity contribution is 8.00. The summed E-state index contributed by atoms with van der Waals surface area (Å²) in [5, 5.41) is 8.22. The fourth-order valence-corrected chi connectivity index (χ4v) is 8.74. The molecule has 0 bridgehead atoms. The van der Waals surface area contributed by atoms with Crippen molar-refractivity contribution < 1.29 is 0 Å². The van der Waals surface area contributed by atoms with Gasteiger partial charge in [-0.25, -0.2) is 0 Å². The number of benzene rings is 5. The first kappa shape index (κ1) is 28.1. The van der Waals surface area contributed by atoms with E-state index in [2.05, 4.69) is 115 Å². The van der Waals surface area contributed by atoms with Crippen LogP contribution in [0, 0.1) is 0 Å². The third kappa shape index (κ3) is 5.19. The van der Waals surface area contributed by atoms with Gasteiger partial charge in [-0.15, -0.1) is 11.8 Å². The summed E-state index contributed by atoms with van der Waals surface area (Å²) >= 11 is 1.96. The van der Waals surface area contributed by atoms with Crippen molar-refractivity contribution in [2.45, 2.75) is 35.1 Å². The van der Waals surface area contributed by atoms with E-state index in [-0.39, 0.29) is 17.3 Å². The molecular formula is C43H32N3S-. The van der Waals surface area contributed by atoms with Gasteiger partial charge in [0.1, 0.15) is 0 Å². The third-order valence-corrected chi connectivity index (χ3v) is 10.8. The lowest BCUT2D eigenvalue weighted by atomic mass is 9.80. The van der Waals surface area contributed by atoms with Gasteiger partial charge in [0.25, 0.3) is 0 Å². The molecule has 47 heavy (non-hydrogen) atoms. The maximum Gasteiger partial charge on any atom is 0.0791 e. The highest BCUT2D eigenvalue weighted by Crippen LogP contribution is 2.54. The molecule has 4 heteroatoms. The quantitative estimate of drug-likeness (QED) is 0.193. The molecular weight excluding hydrogens is 591 g/mol. The lowest BCUT2D eigenvalue weighted by molar-refractivity contribution is 0.740. The van der Waals surface area contributed by atoms with E-state index in [0.717, 1.165) is 35.6 Å². The molecule has 3 atom stereocenters. The molecule has 2 aliphatic heterocycles. The van der Waals surface area contributed by atoms with Gasteiger partial charge in [0, 0.05) is 16.1 Å². The van der Waals surface area contributed by atoms with Crippen LogP contribution in [0.3, 0.4) is 0 Å². The van der Waals surface area contributed by atoms with Gasteiger partial charge in [0.2, 0.25) is 0 Å². The van der Waals surface area contributed by atoms with E-state index < -0.39 is 0 Å². The Labute approximate surface area is 279 Å². The molecule has 5 aromatic carbocycles. The van der Waals surface area contributed by atoms with Gasteiger partial charge in [-0.05, 0) is 79.9 Å². The standard InChI is InChI=1S/C43H32N3S/c1-3-14-29(15-4-1)41-44-42(30-16-5-2-6-17-30)46-43(45-41)37-26-33(27-39-40(37)36-22-9-10-24-38(36)47-39)31-19-11-20-32(25-31)35-23-12-18-28-13-7-8-21-34(28)35/h1-11,13-22,24-27,39-40,43H,12,23H2/q-1. The third-order valence-electron chi connectivity index (χ3n) is 9.52. The largest absolute Gasteiger partial charge is 0.438 e. The van der Waals surface area contributed by atoms with Crippen LogP contribution in [0.1, 0.15) is 46.6 Å². The molecule has 2 aliphatic carbocycles. The first-order valence-corrected chi connectivity index (χ1v) is 17.2. The van der Waals surface area contributed by atoms with E-state index in [1.165, 1.54) is 48.7 Å². The maximum absolute atomic E-state index is 5.28. The predicted molar refractivity (Wildman–Crippen MR) is 196 cm³/mol. The number of amidine groups is 2. The Kier molecular flexibility index (Phi) is 7.09. The van der Waals surface area contributed by atoms with Gasteiger partial charge in [-0.3, -0.25) is 4.99 Å². The Hall–Kier alpha value is -5.19. The number of hydrogen-bond acceptors (Lipinski definition) is 3. The van der Waals surface area contributed by atoms with Gasteiger partial charge in [-0.2, -0.15) is 0 Å². The van der Waals surface area contributed by atoms with Gasteiger partial charge >= 0.3 is 0 Å². The van der Waals surface area contributed by atoms with Crippen molar-refractivity contribution in [1.29, 1.82) is 0 Å². The fourth-order valence-electron chi connectivity index (χ4n) is 7.31. The molecule has 2 heterocycles. The number of hydrogen-bond donors (Lipinski definition) is 0. The van der Waals surface area contributed by atoms with E-state index in [1.807, 2.05) is 48.2 Å². The van der Waals surface area contributed by atoms with Crippen molar-refractivity contribution in [2.24, 2.45) is 9.98 Å². The summed E-state index contributed by atoms with van der Waals surface area (Å²) in [6.45, 7) is 0. The van der Waals surface area contributed by atoms with Crippen LogP contribution >= 0.6 is 11.8 Å². The lowest BCUT2D eigenvalue weighted by Crippen LogP contribution is -2.29. The minimum atomic E-state index is -0.390. The number of aliphatic imine (C=N–C) groups is 2. The van der Waals surface area contributed by atoms with E-state index in [9.17, 15) is 0 Å². The van der Waals surface area contributed by atoms with Crippen LogP contribution in [0.15, 0.2) is 166 Å². The second-order valence-corrected chi connectivity index (χ2v) is 13.6. The van der Waals surface area contributed by atoms with Crippen molar-refractivity contribution in [2.75, 3.05) is 0 Å². The molecule has 0 amide bonds. The topological polar surface area (TPSA) is 38.8 Å². The summed E-state index contributed by atoms with van der Waals surface area (Å²) in [7, 11) is 0. The highest BCUT2D eigenvalue weighted by Gasteiger charge is 2.39. The molecule has 0 spiro atoms. The number of allylic oxidation sites excluding steroid dienone is 2. The maximum atomic E-state index is 5.28. The van der Waals surface area contributed by atoms with Gasteiger partial charge in [0.15, 0.2) is 0 Å². The second kappa shape index (κ2) is 11.9. The first-order chi connectivity index (χ1) is 23.3. The van der Waals surface area contributed by atoms with Crippen LogP contribution in [-0.4, -0.2) is 23.1 Å². The zero-order valence-electron chi connectivity index (χ0n) is 25.8. The van der Waals surface area contributed by atoms with Crippen LogP contribution in [0.5, 0.6) is 0 Å². The summed E-state index contributed by atoms with van der Waals surface area (Å²) in [5.41, 5.74) is 9.77. The average Bonchev–Trinajstić information content (AvgIpc) is 3.53. The summed E-state index contributed by atoms with van der Waals surface area (Å²) in [4.78, 5) is 11.6. The van der Waals surface area contributed by atoms with Gasteiger partial charge < -0.3 is 10.3 Å².